The number of β-amino-alcohol motifs (C(OH)–C–C–N with tert-alkyl or cyclic N) is 1. The number of nitrogens with zero attached hydrogens (tertiary/aromatic N) is 3. The van der Waals surface area contributed by atoms with Crippen LogP contribution in [0.3, 0.4) is 0 Å². The van der Waals surface area contributed by atoms with E-state index in [9.17, 15) is 9.90 Å². The fourth-order valence-electron chi connectivity index (χ4n) is 3.20. The summed E-state index contributed by atoms with van der Waals surface area (Å²) in [7, 11) is 0. The zero-order chi connectivity index (χ0) is 17.2. The average molecular weight is 356 g/mol. The first-order valence-corrected chi connectivity index (χ1v) is 9.25. The van der Waals surface area contributed by atoms with Crippen molar-refractivity contribution in [3.63, 3.8) is 0 Å². The zero-order valence-corrected chi connectivity index (χ0v) is 14.6. The minimum absolute atomic E-state index is 0.0509. The smallest absolute Gasteiger partial charge is 0.254 e. The number of aromatic nitrogens is 2. The van der Waals surface area contributed by atoms with Crippen molar-refractivity contribution in [2.24, 2.45) is 0 Å². The SMILES string of the molecule is O=C(c1ccc2nc[nH]c2c1)N1CCN(C[C@@H](O)c2cccs2)CC1. The van der Waals surface area contributed by atoms with E-state index >= 15 is 0 Å². The van der Waals surface area contributed by atoms with Crippen molar-refractivity contribution in [2.75, 3.05) is 32.7 Å². The Morgan fingerprint density at radius 3 is 2.88 bits per heavy atom. The average Bonchev–Trinajstić information content (AvgIpc) is 3.32. The number of aliphatic hydroxyl groups is 1. The van der Waals surface area contributed by atoms with Gasteiger partial charge in [-0.25, -0.2) is 4.98 Å². The molecular weight excluding hydrogens is 336 g/mol. The lowest BCUT2D eigenvalue weighted by Crippen LogP contribution is -2.49. The molecule has 1 aromatic carbocycles. The summed E-state index contributed by atoms with van der Waals surface area (Å²) in [5, 5.41) is 12.3. The van der Waals surface area contributed by atoms with Gasteiger partial charge in [0.2, 0.25) is 0 Å². The number of benzene rings is 1. The summed E-state index contributed by atoms with van der Waals surface area (Å²) in [4.78, 5) is 25.0. The van der Waals surface area contributed by atoms with Crippen molar-refractivity contribution in [2.45, 2.75) is 6.10 Å². The normalized spacial score (nSPS) is 17.1. The largest absolute Gasteiger partial charge is 0.386 e. The van der Waals surface area contributed by atoms with Crippen molar-refractivity contribution in [3.05, 3.63) is 52.5 Å². The van der Waals surface area contributed by atoms with Crippen LogP contribution in [0.4, 0.5) is 0 Å². The molecule has 1 fully saturated rings. The number of aromatic amines is 1. The Hall–Kier alpha value is -2.22. The fraction of sp³-hybridized carbons (Fsp3) is 0.333. The predicted octanol–water partition coefficient (Wildman–Crippen LogP) is 2.12. The van der Waals surface area contributed by atoms with Crippen LogP contribution in [-0.4, -0.2) is 63.5 Å². The monoisotopic (exact) mass is 356 g/mol. The summed E-state index contributed by atoms with van der Waals surface area (Å²) in [5.41, 5.74) is 2.43. The van der Waals surface area contributed by atoms with E-state index in [1.807, 2.05) is 40.6 Å². The summed E-state index contributed by atoms with van der Waals surface area (Å²) >= 11 is 1.57. The van der Waals surface area contributed by atoms with Gasteiger partial charge in [0.25, 0.3) is 5.91 Å². The minimum Gasteiger partial charge on any atom is -0.386 e. The van der Waals surface area contributed by atoms with Crippen LogP contribution < -0.4 is 0 Å². The molecule has 0 saturated carbocycles. The molecular formula is C18H20N4O2S. The third-order valence-electron chi connectivity index (χ3n) is 4.63. The Labute approximate surface area is 149 Å². The molecule has 0 unspecified atom stereocenters. The number of aliphatic hydroxyl groups excluding tert-OH is 1. The van der Waals surface area contributed by atoms with Gasteiger partial charge in [0.1, 0.15) is 6.10 Å². The summed E-state index contributed by atoms with van der Waals surface area (Å²) in [5.74, 6) is 0.0509. The second-order valence-electron chi connectivity index (χ2n) is 6.26. The first-order valence-electron chi connectivity index (χ1n) is 8.37. The third kappa shape index (κ3) is 3.44. The molecule has 3 heterocycles. The molecule has 1 atom stereocenters. The van der Waals surface area contributed by atoms with E-state index in [4.69, 9.17) is 0 Å². The summed E-state index contributed by atoms with van der Waals surface area (Å²) < 4.78 is 0. The Morgan fingerprint density at radius 1 is 1.28 bits per heavy atom. The van der Waals surface area contributed by atoms with E-state index in [0.717, 1.165) is 29.0 Å². The lowest BCUT2D eigenvalue weighted by Gasteiger charge is -2.35. The highest BCUT2D eigenvalue weighted by Crippen LogP contribution is 2.21. The molecule has 7 heteroatoms. The van der Waals surface area contributed by atoms with Crippen LogP contribution in [0.1, 0.15) is 21.3 Å². The lowest BCUT2D eigenvalue weighted by molar-refractivity contribution is 0.0533. The zero-order valence-electron chi connectivity index (χ0n) is 13.8. The minimum atomic E-state index is -0.454. The third-order valence-corrected chi connectivity index (χ3v) is 5.60. The van der Waals surface area contributed by atoms with E-state index in [1.165, 1.54) is 0 Å². The molecule has 0 bridgehead atoms. The van der Waals surface area contributed by atoms with Crippen LogP contribution in [0.2, 0.25) is 0 Å². The second kappa shape index (κ2) is 6.95. The van der Waals surface area contributed by atoms with Gasteiger partial charge in [0.05, 0.1) is 17.4 Å². The first-order chi connectivity index (χ1) is 12.2. The number of imidazole rings is 1. The van der Waals surface area contributed by atoms with Crippen LogP contribution in [0.5, 0.6) is 0 Å². The van der Waals surface area contributed by atoms with Crippen molar-refractivity contribution in [3.8, 4) is 0 Å². The van der Waals surface area contributed by atoms with E-state index in [-0.39, 0.29) is 5.91 Å². The quantitative estimate of drug-likeness (QED) is 0.751. The van der Waals surface area contributed by atoms with Crippen LogP contribution in [0.25, 0.3) is 11.0 Å². The van der Waals surface area contributed by atoms with Crippen LogP contribution in [0.15, 0.2) is 42.0 Å². The van der Waals surface area contributed by atoms with Gasteiger partial charge in [0.15, 0.2) is 0 Å². The van der Waals surface area contributed by atoms with Gasteiger partial charge in [-0.1, -0.05) is 6.07 Å². The maximum Gasteiger partial charge on any atom is 0.254 e. The molecule has 4 rings (SSSR count). The fourth-order valence-corrected chi connectivity index (χ4v) is 3.90. The van der Waals surface area contributed by atoms with Crippen LogP contribution >= 0.6 is 11.3 Å². The molecule has 2 N–H and O–H groups in total. The predicted molar refractivity (Wildman–Crippen MR) is 97.7 cm³/mol. The van der Waals surface area contributed by atoms with Crippen molar-refractivity contribution < 1.29 is 9.90 Å². The number of piperazine rings is 1. The summed E-state index contributed by atoms with van der Waals surface area (Å²) in [6, 6.07) is 9.47. The molecule has 1 aliphatic heterocycles. The molecule has 6 nitrogen and oxygen atoms in total. The van der Waals surface area contributed by atoms with Crippen molar-refractivity contribution >= 4 is 28.3 Å². The molecule has 25 heavy (non-hydrogen) atoms. The Kier molecular flexibility index (Phi) is 4.52. The Bertz CT molecular complexity index is 853. The number of nitrogens with one attached hydrogen (secondary N) is 1. The Morgan fingerprint density at radius 2 is 2.12 bits per heavy atom. The number of H-pyrrole nitrogens is 1. The van der Waals surface area contributed by atoms with Gasteiger partial charge < -0.3 is 15.0 Å². The van der Waals surface area contributed by atoms with E-state index in [0.29, 0.717) is 25.2 Å². The van der Waals surface area contributed by atoms with Crippen LogP contribution in [0, 0.1) is 0 Å². The van der Waals surface area contributed by atoms with Gasteiger partial charge in [-0.2, -0.15) is 0 Å². The number of carbonyl (C=O) groups is 1. The molecule has 1 amide bonds. The number of thiophene rings is 1. The van der Waals surface area contributed by atoms with Crippen molar-refractivity contribution in [1.29, 1.82) is 0 Å². The highest BCUT2D eigenvalue weighted by Gasteiger charge is 2.24. The molecule has 1 aliphatic rings. The van der Waals surface area contributed by atoms with E-state index < -0.39 is 6.10 Å². The maximum absolute atomic E-state index is 12.7. The van der Waals surface area contributed by atoms with Gasteiger partial charge in [-0.3, -0.25) is 9.69 Å². The number of hydrogen-bond acceptors (Lipinski definition) is 5. The number of fused-ring (bicyclic) bond motifs is 1. The molecule has 2 aromatic heterocycles. The summed E-state index contributed by atoms with van der Waals surface area (Å²) in [6.07, 6.45) is 1.18. The summed E-state index contributed by atoms with van der Waals surface area (Å²) in [6.45, 7) is 3.53. The van der Waals surface area contributed by atoms with Gasteiger partial charge in [-0.05, 0) is 29.6 Å². The maximum atomic E-state index is 12.7. The second-order valence-corrected chi connectivity index (χ2v) is 7.24. The molecule has 3 aromatic rings. The Balaban J connectivity index is 1.35. The first kappa shape index (κ1) is 16.3. The standard InChI is InChI=1S/C18H20N4O2S/c23-16(17-2-1-9-25-17)11-21-5-7-22(8-6-21)18(24)13-3-4-14-15(10-13)20-12-19-14/h1-4,9-10,12,16,23H,5-8,11H2,(H,19,20)/t16-/m1/s1. The number of hydrogen-bond donors (Lipinski definition) is 2. The molecule has 130 valence electrons. The topological polar surface area (TPSA) is 72.5 Å². The van der Waals surface area contributed by atoms with Crippen LogP contribution in [-0.2, 0) is 0 Å². The highest BCUT2D eigenvalue weighted by molar-refractivity contribution is 7.10. The molecule has 0 spiro atoms. The van der Waals surface area contributed by atoms with Gasteiger partial charge in [0, 0.05) is 43.2 Å². The lowest BCUT2D eigenvalue weighted by atomic mass is 10.1. The van der Waals surface area contributed by atoms with Crippen molar-refractivity contribution in [1.82, 2.24) is 19.8 Å². The highest BCUT2D eigenvalue weighted by atomic mass is 32.1. The molecule has 0 radical (unpaired) electrons. The van der Waals surface area contributed by atoms with Gasteiger partial charge in [-0.15, -0.1) is 11.3 Å². The van der Waals surface area contributed by atoms with E-state index in [2.05, 4.69) is 14.9 Å². The number of rotatable bonds is 4. The molecule has 1 saturated heterocycles. The molecule has 0 aliphatic carbocycles. The van der Waals surface area contributed by atoms with E-state index in [1.54, 1.807) is 17.7 Å². The number of carbonyl (C=O) groups excluding carboxylic acids is 1. The van der Waals surface area contributed by atoms with Gasteiger partial charge >= 0.3 is 0 Å². The number of amides is 1.